The number of ether oxygens (including phenoxy) is 1. The normalized spacial score (nSPS) is 18.4. The Balaban J connectivity index is 1.36. The molecule has 0 amide bonds. The summed E-state index contributed by atoms with van der Waals surface area (Å²) in [7, 11) is 0. The smallest absolute Gasteiger partial charge is 0.173 e. The highest BCUT2D eigenvalue weighted by Gasteiger charge is 2.19. The van der Waals surface area contributed by atoms with Crippen molar-refractivity contribution >= 4 is 38.9 Å². The monoisotopic (exact) mass is 492 g/mol. The minimum Gasteiger partial charge on any atom is -0.457 e. The fourth-order valence-corrected chi connectivity index (χ4v) is 4.30. The maximum absolute atomic E-state index is 6.05. The number of para-hydroxylation sites is 1. The Bertz CT molecular complexity index is 1190. The molecule has 8 heteroatoms. The quantitative estimate of drug-likeness (QED) is 0.319. The van der Waals surface area contributed by atoms with Gasteiger partial charge in [0.25, 0.3) is 0 Å². The van der Waals surface area contributed by atoms with Crippen LogP contribution in [0.15, 0.2) is 71.3 Å². The van der Waals surface area contributed by atoms with Crippen LogP contribution in [-0.2, 0) is 0 Å². The highest BCUT2D eigenvalue weighted by molar-refractivity contribution is 9.10. The zero-order valence-corrected chi connectivity index (χ0v) is 19.1. The molecule has 0 radical (unpaired) electrons. The van der Waals surface area contributed by atoms with Crippen molar-refractivity contribution in [3.8, 4) is 11.5 Å². The minimum absolute atomic E-state index is 0.318. The predicted molar refractivity (Wildman–Crippen MR) is 131 cm³/mol. The number of halogens is 1. The second-order valence-corrected chi connectivity index (χ2v) is 8.93. The number of nitrogens with zero attached hydrogens (tertiary/aromatic N) is 3. The van der Waals surface area contributed by atoms with Crippen molar-refractivity contribution in [2.45, 2.75) is 37.8 Å². The van der Waals surface area contributed by atoms with Gasteiger partial charge in [-0.1, -0.05) is 18.2 Å². The molecule has 0 atom stereocenters. The van der Waals surface area contributed by atoms with Crippen LogP contribution < -0.4 is 21.1 Å². The number of hydrogen-bond donors (Lipinski definition) is 3. The van der Waals surface area contributed by atoms with E-state index in [4.69, 9.17) is 15.5 Å². The summed E-state index contributed by atoms with van der Waals surface area (Å²) in [6.07, 6.45) is 5.95. The van der Waals surface area contributed by atoms with E-state index in [0.717, 1.165) is 64.6 Å². The maximum atomic E-state index is 6.05. The zero-order valence-electron chi connectivity index (χ0n) is 17.5. The third-order valence-corrected chi connectivity index (χ3v) is 6.22. The van der Waals surface area contributed by atoms with Crippen molar-refractivity contribution in [2.24, 2.45) is 5.73 Å². The molecule has 1 aliphatic rings. The molecule has 4 N–H and O–H groups in total. The van der Waals surface area contributed by atoms with E-state index < -0.39 is 0 Å². The van der Waals surface area contributed by atoms with E-state index in [1.165, 1.54) is 0 Å². The molecule has 1 aliphatic carbocycles. The zero-order chi connectivity index (χ0) is 21.9. The molecular formula is C24H25BrN6O. The fraction of sp³-hybridized carbons (Fsp3) is 0.250. The van der Waals surface area contributed by atoms with Crippen molar-refractivity contribution in [3.63, 3.8) is 0 Å². The largest absolute Gasteiger partial charge is 0.457 e. The molecule has 32 heavy (non-hydrogen) atoms. The van der Waals surface area contributed by atoms with Crippen LogP contribution in [-0.4, -0.2) is 26.7 Å². The second kappa shape index (κ2) is 9.18. The summed E-state index contributed by atoms with van der Waals surface area (Å²) >= 11 is 3.56. The van der Waals surface area contributed by atoms with E-state index >= 15 is 0 Å². The van der Waals surface area contributed by atoms with Crippen molar-refractivity contribution in [1.82, 2.24) is 14.6 Å². The van der Waals surface area contributed by atoms with Gasteiger partial charge < -0.3 is 21.1 Å². The lowest BCUT2D eigenvalue weighted by Gasteiger charge is -2.27. The van der Waals surface area contributed by atoms with Gasteiger partial charge in [0.15, 0.2) is 5.65 Å². The number of fused-ring (bicyclic) bond motifs is 1. The van der Waals surface area contributed by atoms with E-state index in [1.54, 1.807) is 10.7 Å². The first-order valence-corrected chi connectivity index (χ1v) is 11.6. The molecule has 0 saturated heterocycles. The number of benzene rings is 2. The summed E-state index contributed by atoms with van der Waals surface area (Å²) in [4.78, 5) is 4.76. The fourth-order valence-electron chi connectivity index (χ4n) is 3.95. The molecule has 164 valence electrons. The number of hydrogen-bond acceptors (Lipinski definition) is 6. The molecule has 2 heterocycles. The first-order chi connectivity index (χ1) is 15.6. The number of nitrogens with one attached hydrogen (secondary N) is 2. The summed E-state index contributed by atoms with van der Waals surface area (Å²) < 4.78 is 8.53. The van der Waals surface area contributed by atoms with Crippen LogP contribution >= 0.6 is 15.9 Å². The number of nitrogens with two attached hydrogens (primary N) is 1. The number of aromatic nitrogens is 3. The van der Waals surface area contributed by atoms with E-state index in [-0.39, 0.29) is 0 Å². The standard InChI is InChI=1S/C24H25BrN6O/c25-21-15-27-31-23(14-22(30-24(21)31)28-17-8-6-16(26)7-9-17)29-18-10-12-20(13-11-18)32-19-4-2-1-3-5-19/h1-5,10-17,29H,6-9,26H2,(H,28,30)/t16-,17-. The Hall–Kier alpha value is -3.10. The van der Waals surface area contributed by atoms with Crippen LogP contribution in [0.4, 0.5) is 17.3 Å². The van der Waals surface area contributed by atoms with E-state index in [9.17, 15) is 0 Å². The molecule has 2 aromatic carbocycles. The molecule has 1 fully saturated rings. The second-order valence-electron chi connectivity index (χ2n) is 8.08. The van der Waals surface area contributed by atoms with Crippen LogP contribution in [0.1, 0.15) is 25.7 Å². The van der Waals surface area contributed by atoms with Crippen molar-refractivity contribution in [1.29, 1.82) is 0 Å². The van der Waals surface area contributed by atoms with Gasteiger partial charge >= 0.3 is 0 Å². The predicted octanol–water partition coefficient (Wildman–Crippen LogP) is 5.71. The minimum atomic E-state index is 0.318. The van der Waals surface area contributed by atoms with Crippen LogP contribution in [0, 0.1) is 0 Å². The van der Waals surface area contributed by atoms with Gasteiger partial charge in [-0.15, -0.1) is 0 Å². The lowest BCUT2D eigenvalue weighted by molar-refractivity contribution is 0.410. The first kappa shape index (κ1) is 20.8. The SMILES string of the molecule is N[C@H]1CC[C@H](Nc2cc(Nc3ccc(Oc4ccccc4)cc3)n3ncc(Br)c3n2)CC1. The summed E-state index contributed by atoms with van der Waals surface area (Å²) in [6.45, 7) is 0. The molecule has 2 aromatic heterocycles. The average molecular weight is 493 g/mol. The average Bonchev–Trinajstić information content (AvgIpc) is 3.18. The lowest BCUT2D eigenvalue weighted by atomic mass is 9.92. The highest BCUT2D eigenvalue weighted by Crippen LogP contribution is 2.28. The van der Waals surface area contributed by atoms with Gasteiger partial charge in [0.05, 0.1) is 10.7 Å². The molecule has 0 aliphatic heterocycles. The van der Waals surface area contributed by atoms with Crippen LogP contribution in [0.2, 0.25) is 0 Å². The first-order valence-electron chi connectivity index (χ1n) is 10.8. The Morgan fingerprint density at radius 3 is 2.44 bits per heavy atom. The molecule has 1 saturated carbocycles. The summed E-state index contributed by atoms with van der Waals surface area (Å²) in [5.74, 6) is 3.24. The van der Waals surface area contributed by atoms with Crippen molar-refractivity contribution < 1.29 is 4.74 Å². The molecule has 0 spiro atoms. The Labute approximate surface area is 195 Å². The van der Waals surface area contributed by atoms with Gasteiger partial charge in [-0.2, -0.15) is 9.61 Å². The Morgan fingerprint density at radius 1 is 0.969 bits per heavy atom. The van der Waals surface area contributed by atoms with Gasteiger partial charge in [-0.25, -0.2) is 4.98 Å². The third-order valence-electron chi connectivity index (χ3n) is 5.66. The third kappa shape index (κ3) is 4.71. The lowest BCUT2D eigenvalue weighted by Crippen LogP contribution is -2.33. The molecule has 0 bridgehead atoms. The molecular weight excluding hydrogens is 468 g/mol. The van der Waals surface area contributed by atoms with E-state index in [2.05, 4.69) is 31.7 Å². The Kier molecular flexibility index (Phi) is 5.96. The molecule has 7 nitrogen and oxygen atoms in total. The van der Waals surface area contributed by atoms with E-state index in [0.29, 0.717) is 12.1 Å². The van der Waals surface area contributed by atoms with Crippen LogP contribution in [0.25, 0.3) is 5.65 Å². The van der Waals surface area contributed by atoms with Gasteiger partial charge in [-0.3, -0.25) is 0 Å². The van der Waals surface area contributed by atoms with Crippen molar-refractivity contribution in [3.05, 3.63) is 71.3 Å². The molecule has 0 unspecified atom stereocenters. The number of anilines is 3. The van der Waals surface area contributed by atoms with Crippen LogP contribution in [0.3, 0.4) is 0 Å². The summed E-state index contributed by atoms with van der Waals surface area (Å²) in [5, 5.41) is 11.5. The molecule has 5 rings (SSSR count). The van der Waals surface area contributed by atoms with Gasteiger partial charge in [0.1, 0.15) is 23.1 Å². The maximum Gasteiger partial charge on any atom is 0.173 e. The number of rotatable bonds is 6. The summed E-state index contributed by atoms with van der Waals surface area (Å²) in [6, 6.07) is 20.3. The van der Waals surface area contributed by atoms with Crippen LogP contribution in [0.5, 0.6) is 11.5 Å². The van der Waals surface area contributed by atoms with E-state index in [1.807, 2.05) is 60.7 Å². The van der Waals surface area contributed by atoms with Crippen molar-refractivity contribution in [2.75, 3.05) is 10.6 Å². The van der Waals surface area contributed by atoms with Gasteiger partial charge in [-0.05, 0) is 78.0 Å². The Morgan fingerprint density at radius 2 is 1.69 bits per heavy atom. The highest BCUT2D eigenvalue weighted by atomic mass is 79.9. The molecule has 4 aromatic rings. The van der Waals surface area contributed by atoms with Gasteiger partial charge in [0, 0.05) is 23.8 Å². The topological polar surface area (TPSA) is 89.5 Å². The summed E-state index contributed by atoms with van der Waals surface area (Å²) in [5.41, 5.74) is 7.74. The van der Waals surface area contributed by atoms with Gasteiger partial charge in [0.2, 0.25) is 0 Å².